The van der Waals surface area contributed by atoms with E-state index in [1.807, 2.05) is 6.20 Å². The van der Waals surface area contributed by atoms with Crippen LogP contribution in [0.15, 0.2) is 17.6 Å². The highest BCUT2D eigenvalue weighted by Crippen LogP contribution is 2.22. The van der Waals surface area contributed by atoms with Crippen molar-refractivity contribution in [2.45, 2.75) is 50.1 Å². The van der Waals surface area contributed by atoms with Gasteiger partial charge in [-0.15, -0.1) is 0 Å². The maximum absolute atomic E-state index is 4.23. The fourth-order valence-electron chi connectivity index (χ4n) is 1.55. The monoisotopic (exact) mass is 227 g/mol. The zero-order valence-corrected chi connectivity index (χ0v) is 10.6. The maximum atomic E-state index is 4.23. The number of hydrogen-bond donors (Lipinski definition) is 2. The summed E-state index contributed by atoms with van der Waals surface area (Å²) in [5, 5.41) is 5.13. The van der Waals surface area contributed by atoms with Crippen molar-refractivity contribution < 1.29 is 0 Å². The molecule has 0 aliphatic rings. The van der Waals surface area contributed by atoms with E-state index in [1.165, 1.54) is 6.42 Å². The molecule has 1 rings (SSSR count). The molecule has 0 amide bonds. The molecule has 0 aliphatic heterocycles. The Bertz CT molecular complexity index is 248. The third-order valence-corrected chi connectivity index (χ3v) is 3.58. The molecule has 2 unspecified atom stereocenters. The minimum atomic E-state index is 0.549. The topological polar surface area (TPSA) is 40.7 Å². The second-order valence-corrected chi connectivity index (χ2v) is 5.05. The van der Waals surface area contributed by atoms with Gasteiger partial charge in [-0.25, -0.2) is 4.98 Å². The number of nitrogens with one attached hydrogen (secondary N) is 2. The normalized spacial score (nSPS) is 15.1. The standard InChI is InChI=1S/C11H21N3S/c1-4-6-12-10(5-2)9(3)15-11-13-7-8-14-11/h7-10,12H,4-6H2,1-3H3,(H,13,14). The van der Waals surface area contributed by atoms with Crippen LogP contribution in [0, 0.1) is 0 Å². The van der Waals surface area contributed by atoms with Crippen molar-refractivity contribution in [1.82, 2.24) is 15.3 Å². The lowest BCUT2D eigenvalue weighted by Gasteiger charge is -2.22. The molecule has 1 aromatic rings. The van der Waals surface area contributed by atoms with Crippen LogP contribution in [0.2, 0.25) is 0 Å². The molecule has 0 saturated carbocycles. The highest BCUT2D eigenvalue weighted by atomic mass is 32.2. The van der Waals surface area contributed by atoms with Crippen LogP contribution >= 0.6 is 11.8 Å². The van der Waals surface area contributed by atoms with Crippen molar-refractivity contribution in [3.8, 4) is 0 Å². The summed E-state index contributed by atoms with van der Waals surface area (Å²) in [6.45, 7) is 7.78. The predicted molar refractivity (Wildman–Crippen MR) is 66.3 cm³/mol. The van der Waals surface area contributed by atoms with Crippen LogP contribution in [0.4, 0.5) is 0 Å². The van der Waals surface area contributed by atoms with Crippen molar-refractivity contribution in [2.24, 2.45) is 0 Å². The minimum absolute atomic E-state index is 0.549. The largest absolute Gasteiger partial charge is 0.340 e. The van der Waals surface area contributed by atoms with Gasteiger partial charge in [0, 0.05) is 23.7 Å². The van der Waals surface area contributed by atoms with Crippen LogP contribution in [0.3, 0.4) is 0 Å². The average molecular weight is 227 g/mol. The van der Waals surface area contributed by atoms with Crippen molar-refractivity contribution >= 4 is 11.8 Å². The number of aromatic nitrogens is 2. The van der Waals surface area contributed by atoms with E-state index in [0.717, 1.165) is 18.1 Å². The second-order valence-electron chi connectivity index (χ2n) is 3.69. The van der Waals surface area contributed by atoms with E-state index < -0.39 is 0 Å². The van der Waals surface area contributed by atoms with E-state index in [-0.39, 0.29) is 0 Å². The Kier molecular flexibility index (Phi) is 5.79. The summed E-state index contributed by atoms with van der Waals surface area (Å²) in [4.78, 5) is 7.36. The lowest BCUT2D eigenvalue weighted by Crippen LogP contribution is -2.36. The van der Waals surface area contributed by atoms with E-state index in [0.29, 0.717) is 11.3 Å². The minimum Gasteiger partial charge on any atom is -0.340 e. The molecule has 1 aromatic heterocycles. The lowest BCUT2D eigenvalue weighted by atomic mass is 10.1. The Morgan fingerprint density at radius 1 is 1.53 bits per heavy atom. The third-order valence-electron chi connectivity index (χ3n) is 2.43. The summed E-state index contributed by atoms with van der Waals surface area (Å²) in [7, 11) is 0. The first-order valence-corrected chi connectivity index (χ1v) is 6.55. The van der Waals surface area contributed by atoms with E-state index in [9.17, 15) is 0 Å². The Balaban J connectivity index is 2.39. The van der Waals surface area contributed by atoms with Gasteiger partial charge < -0.3 is 10.3 Å². The Hall–Kier alpha value is -0.480. The van der Waals surface area contributed by atoms with E-state index in [4.69, 9.17) is 0 Å². The number of aromatic amines is 1. The van der Waals surface area contributed by atoms with Gasteiger partial charge in [-0.1, -0.05) is 32.5 Å². The van der Waals surface area contributed by atoms with Crippen molar-refractivity contribution in [3.05, 3.63) is 12.4 Å². The van der Waals surface area contributed by atoms with Gasteiger partial charge in [-0.3, -0.25) is 0 Å². The number of thioether (sulfide) groups is 1. The smallest absolute Gasteiger partial charge is 0.165 e. The summed E-state index contributed by atoms with van der Waals surface area (Å²) in [5.74, 6) is 0. The van der Waals surface area contributed by atoms with Crippen LogP contribution in [0.25, 0.3) is 0 Å². The van der Waals surface area contributed by atoms with Gasteiger partial charge in [0.1, 0.15) is 0 Å². The first-order chi connectivity index (χ1) is 7.27. The fraction of sp³-hybridized carbons (Fsp3) is 0.727. The van der Waals surface area contributed by atoms with Crippen molar-refractivity contribution in [3.63, 3.8) is 0 Å². The van der Waals surface area contributed by atoms with Gasteiger partial charge >= 0.3 is 0 Å². The first kappa shape index (κ1) is 12.6. The van der Waals surface area contributed by atoms with Gasteiger partial charge in [0.25, 0.3) is 0 Å². The molecule has 0 fully saturated rings. The fourth-order valence-corrected chi connectivity index (χ4v) is 2.61. The molecule has 1 heterocycles. The quantitative estimate of drug-likeness (QED) is 0.704. The van der Waals surface area contributed by atoms with E-state index in [1.54, 1.807) is 18.0 Å². The molecule has 0 saturated heterocycles. The van der Waals surface area contributed by atoms with Crippen molar-refractivity contribution in [2.75, 3.05) is 6.54 Å². The molecule has 0 aliphatic carbocycles. The van der Waals surface area contributed by atoms with Crippen LogP contribution in [0.1, 0.15) is 33.6 Å². The Morgan fingerprint density at radius 2 is 2.33 bits per heavy atom. The van der Waals surface area contributed by atoms with Gasteiger partial charge in [-0.2, -0.15) is 0 Å². The van der Waals surface area contributed by atoms with Crippen LogP contribution in [0.5, 0.6) is 0 Å². The number of rotatable bonds is 7. The summed E-state index contributed by atoms with van der Waals surface area (Å²) in [5.41, 5.74) is 0. The predicted octanol–water partition coefficient (Wildman–Crippen LogP) is 2.67. The molecule has 15 heavy (non-hydrogen) atoms. The Labute approximate surface area is 96.5 Å². The number of nitrogens with zero attached hydrogens (tertiary/aromatic N) is 1. The highest BCUT2D eigenvalue weighted by Gasteiger charge is 2.16. The number of imidazole rings is 1. The maximum Gasteiger partial charge on any atom is 0.165 e. The van der Waals surface area contributed by atoms with Crippen molar-refractivity contribution in [1.29, 1.82) is 0 Å². The summed E-state index contributed by atoms with van der Waals surface area (Å²) in [6, 6.07) is 0.569. The zero-order chi connectivity index (χ0) is 11.1. The molecular weight excluding hydrogens is 206 g/mol. The van der Waals surface area contributed by atoms with E-state index in [2.05, 4.69) is 36.1 Å². The molecule has 4 heteroatoms. The molecule has 0 aromatic carbocycles. The Morgan fingerprint density at radius 3 is 2.87 bits per heavy atom. The van der Waals surface area contributed by atoms with Crippen LogP contribution in [-0.4, -0.2) is 27.8 Å². The zero-order valence-electron chi connectivity index (χ0n) is 9.79. The SMILES string of the molecule is CCCNC(CC)C(C)Sc1ncc[nH]1. The molecule has 0 bridgehead atoms. The van der Waals surface area contributed by atoms with Gasteiger partial charge in [-0.05, 0) is 19.4 Å². The van der Waals surface area contributed by atoms with Gasteiger partial charge in [0.2, 0.25) is 0 Å². The van der Waals surface area contributed by atoms with Gasteiger partial charge in [0.15, 0.2) is 5.16 Å². The summed E-state index contributed by atoms with van der Waals surface area (Å²) < 4.78 is 0. The van der Waals surface area contributed by atoms with E-state index >= 15 is 0 Å². The molecule has 2 atom stereocenters. The first-order valence-electron chi connectivity index (χ1n) is 5.67. The third kappa shape index (κ3) is 4.26. The lowest BCUT2D eigenvalue weighted by molar-refractivity contribution is 0.493. The molecule has 2 N–H and O–H groups in total. The molecular formula is C11H21N3S. The summed E-state index contributed by atoms with van der Waals surface area (Å²) in [6.07, 6.45) is 6.02. The summed E-state index contributed by atoms with van der Waals surface area (Å²) >= 11 is 1.80. The van der Waals surface area contributed by atoms with Crippen LogP contribution in [-0.2, 0) is 0 Å². The highest BCUT2D eigenvalue weighted by molar-refractivity contribution is 7.99. The molecule has 3 nitrogen and oxygen atoms in total. The average Bonchev–Trinajstić information content (AvgIpc) is 2.71. The second kappa shape index (κ2) is 6.90. The van der Waals surface area contributed by atoms with Gasteiger partial charge in [0.05, 0.1) is 0 Å². The molecule has 0 spiro atoms. The molecule has 86 valence electrons. The van der Waals surface area contributed by atoms with Crippen LogP contribution < -0.4 is 5.32 Å². The molecule has 0 radical (unpaired) electrons. The number of H-pyrrole nitrogens is 1. The number of hydrogen-bond acceptors (Lipinski definition) is 3.